The van der Waals surface area contributed by atoms with Crippen molar-refractivity contribution in [1.82, 2.24) is 0 Å². The van der Waals surface area contributed by atoms with Crippen LogP contribution in [0.5, 0.6) is 0 Å². The van der Waals surface area contributed by atoms with Crippen molar-refractivity contribution in [1.29, 1.82) is 0 Å². The average molecular weight is 503 g/mol. The van der Waals surface area contributed by atoms with Crippen LogP contribution in [0.3, 0.4) is 0 Å². The molecule has 1 atom stereocenters. The Labute approximate surface area is 141 Å². The molecule has 0 saturated carbocycles. The summed E-state index contributed by atoms with van der Waals surface area (Å²) in [5.74, 6) is -0.775. The fourth-order valence-corrected chi connectivity index (χ4v) is 1.31. The molecule has 0 aliphatic heterocycles. The number of hydrogen-bond acceptors (Lipinski definition) is 6. The van der Waals surface area contributed by atoms with Gasteiger partial charge in [0, 0.05) is 44.7 Å². The van der Waals surface area contributed by atoms with Gasteiger partial charge >= 0.3 is 5.97 Å². The Morgan fingerprint density at radius 2 is 2.25 bits per heavy atom. The number of aliphatic hydroxyl groups excluding tert-OH is 2. The Bertz CT molecular complexity index is 450. The van der Waals surface area contributed by atoms with Crippen molar-refractivity contribution in [3.8, 4) is 0 Å². The molecular formula is C13H17N2O4U-. The zero-order valence-electron chi connectivity index (χ0n) is 11.4. The summed E-state index contributed by atoms with van der Waals surface area (Å²) in [4.78, 5) is 12.5. The molecule has 1 rings (SSSR count). The van der Waals surface area contributed by atoms with Crippen LogP contribution in [0.4, 0.5) is 11.4 Å². The third kappa shape index (κ3) is 5.45. The molecule has 0 amide bonds. The SMILES string of the molecule is C=C(O)N(C)c1[c-]cc(NC[C@@H](O)C(=O)OC)cc1.[U]. The van der Waals surface area contributed by atoms with Crippen LogP contribution >= 0.6 is 0 Å². The number of anilines is 2. The Balaban J connectivity index is 0.00000361. The van der Waals surface area contributed by atoms with Gasteiger partial charge in [-0.15, -0.1) is 12.1 Å². The van der Waals surface area contributed by atoms with Crippen LogP contribution < -0.4 is 10.2 Å². The number of nitrogens with one attached hydrogen (secondary N) is 1. The standard InChI is InChI=1S/C13H17N2O4.U/c1-9(16)15(2)11-6-4-10(5-7-11)14-8-12(17)13(18)19-3;/h4-6,12,14,16-17H,1,8H2,2-3H3;/q-1;/t12-;/m1./s1. The van der Waals surface area contributed by atoms with Crippen molar-refractivity contribution in [2.24, 2.45) is 0 Å². The minimum Gasteiger partial charge on any atom is -0.495 e. The van der Waals surface area contributed by atoms with Crippen molar-refractivity contribution < 1.29 is 50.9 Å². The van der Waals surface area contributed by atoms with Gasteiger partial charge in [0.2, 0.25) is 0 Å². The Kier molecular flexibility index (Phi) is 8.39. The normalized spacial score (nSPS) is 10.9. The first kappa shape index (κ1) is 18.8. The summed E-state index contributed by atoms with van der Waals surface area (Å²) < 4.78 is 4.40. The average Bonchev–Trinajstić information content (AvgIpc) is 2.43. The van der Waals surface area contributed by atoms with Gasteiger partial charge in [-0.2, -0.15) is 12.1 Å². The minimum absolute atomic E-state index is 0. The predicted octanol–water partition coefficient (Wildman–Crippen LogP) is 0.898. The molecule has 6 nitrogen and oxygen atoms in total. The van der Waals surface area contributed by atoms with E-state index in [0.717, 1.165) is 0 Å². The second kappa shape index (κ2) is 8.90. The van der Waals surface area contributed by atoms with Gasteiger partial charge < -0.3 is 25.2 Å². The topological polar surface area (TPSA) is 82.0 Å². The van der Waals surface area contributed by atoms with E-state index in [4.69, 9.17) is 0 Å². The summed E-state index contributed by atoms with van der Waals surface area (Å²) in [7, 11) is 2.87. The van der Waals surface area contributed by atoms with E-state index in [9.17, 15) is 15.0 Å². The number of esters is 1. The first-order valence-corrected chi connectivity index (χ1v) is 5.58. The second-order valence-electron chi connectivity index (χ2n) is 3.86. The first-order chi connectivity index (χ1) is 8.95. The van der Waals surface area contributed by atoms with E-state index in [1.807, 2.05) is 0 Å². The molecule has 0 aromatic heterocycles. The number of nitrogens with zero attached hydrogens (tertiary/aromatic N) is 1. The zero-order chi connectivity index (χ0) is 14.4. The number of carbonyl (C=O) groups excluding carboxylic acids is 1. The quantitative estimate of drug-likeness (QED) is 0.304. The third-order valence-electron chi connectivity index (χ3n) is 2.52. The summed E-state index contributed by atoms with van der Waals surface area (Å²) in [5, 5.41) is 21.5. The molecule has 7 heteroatoms. The Hall–Kier alpha value is -1.16. The van der Waals surface area contributed by atoms with Crippen molar-refractivity contribution >= 4 is 17.3 Å². The molecular weight excluding hydrogens is 486 g/mol. The van der Waals surface area contributed by atoms with Crippen molar-refractivity contribution in [2.45, 2.75) is 6.10 Å². The van der Waals surface area contributed by atoms with Crippen LogP contribution in [-0.4, -0.2) is 43.0 Å². The van der Waals surface area contributed by atoms with E-state index in [2.05, 4.69) is 22.7 Å². The van der Waals surface area contributed by atoms with Gasteiger partial charge in [-0.25, -0.2) is 4.79 Å². The maximum Gasteiger partial charge on any atom is 0.336 e. The predicted molar refractivity (Wildman–Crippen MR) is 72.0 cm³/mol. The van der Waals surface area contributed by atoms with Crippen LogP contribution in [0.1, 0.15) is 0 Å². The molecule has 0 saturated heterocycles. The smallest absolute Gasteiger partial charge is 0.336 e. The molecule has 0 aliphatic carbocycles. The van der Waals surface area contributed by atoms with Gasteiger partial charge in [-0.3, -0.25) is 0 Å². The van der Waals surface area contributed by atoms with E-state index < -0.39 is 12.1 Å². The van der Waals surface area contributed by atoms with Crippen LogP contribution in [0.15, 0.2) is 30.7 Å². The molecule has 0 aliphatic rings. The maximum atomic E-state index is 11.0. The Morgan fingerprint density at radius 3 is 2.70 bits per heavy atom. The second-order valence-corrected chi connectivity index (χ2v) is 3.86. The number of methoxy groups -OCH3 is 1. The molecule has 0 unspecified atom stereocenters. The summed E-state index contributed by atoms with van der Waals surface area (Å²) >= 11 is 0. The Morgan fingerprint density at radius 1 is 1.60 bits per heavy atom. The van der Waals surface area contributed by atoms with Gasteiger partial charge in [0.05, 0.1) is 7.11 Å². The number of aliphatic hydroxyl groups is 2. The molecule has 0 spiro atoms. The van der Waals surface area contributed by atoms with E-state index in [1.165, 1.54) is 12.0 Å². The number of rotatable bonds is 6. The van der Waals surface area contributed by atoms with Gasteiger partial charge in [0.1, 0.15) is 0 Å². The number of benzene rings is 1. The van der Waals surface area contributed by atoms with E-state index in [1.54, 1.807) is 25.2 Å². The summed E-state index contributed by atoms with van der Waals surface area (Å²) in [6.45, 7) is 3.45. The summed E-state index contributed by atoms with van der Waals surface area (Å²) in [6.07, 6.45) is -1.22. The van der Waals surface area contributed by atoms with Crippen molar-refractivity contribution in [2.75, 3.05) is 30.9 Å². The van der Waals surface area contributed by atoms with Crippen LogP contribution in [0, 0.1) is 37.2 Å². The fourth-order valence-electron chi connectivity index (χ4n) is 1.31. The summed E-state index contributed by atoms with van der Waals surface area (Å²) in [5.41, 5.74) is 1.33. The van der Waals surface area contributed by atoms with Gasteiger partial charge in [-0.05, 0) is 6.58 Å². The molecule has 0 fully saturated rings. The molecule has 108 valence electrons. The van der Waals surface area contributed by atoms with Crippen LogP contribution in [0.2, 0.25) is 0 Å². The molecule has 3 N–H and O–H groups in total. The molecule has 20 heavy (non-hydrogen) atoms. The van der Waals surface area contributed by atoms with Crippen molar-refractivity contribution in [3.05, 3.63) is 36.7 Å². The van der Waals surface area contributed by atoms with Crippen molar-refractivity contribution in [3.63, 3.8) is 0 Å². The fraction of sp³-hybridized carbons (Fsp3) is 0.308. The number of carbonyl (C=O) groups is 1. The molecule has 0 heterocycles. The number of ether oxygens (including phenoxy) is 1. The monoisotopic (exact) mass is 503 g/mol. The van der Waals surface area contributed by atoms with Crippen LogP contribution in [0.25, 0.3) is 0 Å². The minimum atomic E-state index is -1.22. The molecule has 0 radical (unpaired) electrons. The molecule has 1 aromatic rings. The molecule has 0 bridgehead atoms. The van der Waals surface area contributed by atoms with Crippen LogP contribution in [-0.2, 0) is 9.53 Å². The van der Waals surface area contributed by atoms with Gasteiger partial charge in [0.15, 0.2) is 12.0 Å². The van der Waals surface area contributed by atoms with E-state index in [0.29, 0.717) is 11.4 Å². The first-order valence-electron chi connectivity index (χ1n) is 5.58. The number of hydrogen-bond donors (Lipinski definition) is 3. The zero-order valence-corrected chi connectivity index (χ0v) is 15.5. The summed E-state index contributed by atoms with van der Waals surface area (Å²) in [6, 6.07) is 8.02. The third-order valence-corrected chi connectivity index (χ3v) is 2.52. The molecule has 1 aromatic carbocycles. The van der Waals surface area contributed by atoms with E-state index >= 15 is 0 Å². The maximum absolute atomic E-state index is 11.0. The van der Waals surface area contributed by atoms with Gasteiger partial charge in [-0.1, -0.05) is 11.4 Å². The largest absolute Gasteiger partial charge is 0.495 e. The van der Waals surface area contributed by atoms with Gasteiger partial charge in [0.25, 0.3) is 0 Å². The van der Waals surface area contributed by atoms with E-state index in [-0.39, 0.29) is 43.5 Å².